The van der Waals surface area contributed by atoms with Gasteiger partial charge in [0.1, 0.15) is 12.3 Å². The summed E-state index contributed by atoms with van der Waals surface area (Å²) >= 11 is 0. The van der Waals surface area contributed by atoms with E-state index in [9.17, 15) is 9.59 Å². The zero-order valence-electron chi connectivity index (χ0n) is 14.7. The number of imide groups is 1. The molecule has 132 valence electrons. The van der Waals surface area contributed by atoms with Gasteiger partial charge in [-0.2, -0.15) is 0 Å². The molecule has 1 aromatic rings. The Bertz CT molecular complexity index is 574. The van der Waals surface area contributed by atoms with E-state index in [1.165, 1.54) is 9.80 Å². The average molecular weight is 335 g/mol. The van der Waals surface area contributed by atoms with E-state index in [0.717, 1.165) is 11.3 Å². The summed E-state index contributed by atoms with van der Waals surface area (Å²) in [6.07, 6.45) is 0. The Balaban J connectivity index is 2.12. The molecular formula is C17H25N3O4. The SMILES string of the molecule is COCCN1CC(=O)N(C[C@H](c2ccc(OC)cc2)N(C)C)C1=O. The molecule has 3 amide bonds. The van der Waals surface area contributed by atoms with Gasteiger partial charge < -0.3 is 19.3 Å². The molecule has 7 heteroatoms. The van der Waals surface area contributed by atoms with Crippen LogP contribution >= 0.6 is 0 Å². The minimum absolute atomic E-state index is 0.0776. The van der Waals surface area contributed by atoms with Gasteiger partial charge in [-0.05, 0) is 31.8 Å². The van der Waals surface area contributed by atoms with E-state index >= 15 is 0 Å². The van der Waals surface area contributed by atoms with Gasteiger partial charge in [-0.25, -0.2) is 4.79 Å². The largest absolute Gasteiger partial charge is 0.497 e. The first-order chi connectivity index (χ1) is 11.5. The Morgan fingerprint density at radius 1 is 1.17 bits per heavy atom. The summed E-state index contributed by atoms with van der Waals surface area (Å²) in [6.45, 7) is 1.28. The molecule has 1 aliphatic heterocycles. The number of rotatable bonds is 8. The van der Waals surface area contributed by atoms with Crippen molar-refractivity contribution in [2.45, 2.75) is 6.04 Å². The zero-order valence-corrected chi connectivity index (χ0v) is 14.7. The molecule has 1 aliphatic rings. The predicted molar refractivity (Wildman–Crippen MR) is 90.0 cm³/mol. The third kappa shape index (κ3) is 4.04. The van der Waals surface area contributed by atoms with Crippen molar-refractivity contribution in [2.75, 3.05) is 54.6 Å². The lowest BCUT2D eigenvalue weighted by Gasteiger charge is -2.28. The van der Waals surface area contributed by atoms with Gasteiger partial charge in [0.15, 0.2) is 0 Å². The van der Waals surface area contributed by atoms with Crippen LogP contribution < -0.4 is 4.74 Å². The summed E-state index contributed by atoms with van der Waals surface area (Å²) in [6, 6.07) is 7.34. The van der Waals surface area contributed by atoms with Crippen molar-refractivity contribution in [3.05, 3.63) is 29.8 Å². The molecule has 0 radical (unpaired) electrons. The van der Waals surface area contributed by atoms with Crippen molar-refractivity contribution >= 4 is 11.9 Å². The maximum Gasteiger partial charge on any atom is 0.327 e. The van der Waals surface area contributed by atoms with Gasteiger partial charge in [-0.1, -0.05) is 12.1 Å². The number of hydrogen-bond acceptors (Lipinski definition) is 5. The topological polar surface area (TPSA) is 62.3 Å². The van der Waals surface area contributed by atoms with Crippen LogP contribution in [0.3, 0.4) is 0 Å². The lowest BCUT2D eigenvalue weighted by atomic mass is 10.1. The van der Waals surface area contributed by atoms with E-state index in [1.807, 2.05) is 43.3 Å². The zero-order chi connectivity index (χ0) is 17.7. The molecule has 0 aliphatic carbocycles. The number of carbonyl (C=O) groups is 2. The number of nitrogens with zero attached hydrogens (tertiary/aromatic N) is 3. The quantitative estimate of drug-likeness (QED) is 0.668. The predicted octanol–water partition coefficient (Wildman–Crippen LogP) is 1.21. The van der Waals surface area contributed by atoms with E-state index in [-0.39, 0.29) is 24.5 Å². The van der Waals surface area contributed by atoms with Crippen LogP contribution in [-0.4, -0.2) is 81.2 Å². The lowest BCUT2D eigenvalue weighted by molar-refractivity contribution is -0.125. The highest BCUT2D eigenvalue weighted by Crippen LogP contribution is 2.24. The van der Waals surface area contributed by atoms with Crippen LogP contribution in [0, 0.1) is 0 Å². The van der Waals surface area contributed by atoms with Crippen molar-refractivity contribution in [1.29, 1.82) is 0 Å². The molecule has 24 heavy (non-hydrogen) atoms. The van der Waals surface area contributed by atoms with Gasteiger partial charge >= 0.3 is 6.03 Å². The van der Waals surface area contributed by atoms with Gasteiger partial charge in [0.05, 0.1) is 26.3 Å². The molecule has 1 heterocycles. The first-order valence-electron chi connectivity index (χ1n) is 7.86. The minimum Gasteiger partial charge on any atom is -0.497 e. The molecule has 0 aromatic heterocycles. The Morgan fingerprint density at radius 3 is 2.38 bits per heavy atom. The highest BCUT2D eigenvalue weighted by molar-refractivity contribution is 6.02. The van der Waals surface area contributed by atoms with Gasteiger partial charge in [-0.15, -0.1) is 0 Å². The van der Waals surface area contributed by atoms with Gasteiger partial charge in [-0.3, -0.25) is 9.69 Å². The standard InChI is InChI=1S/C17H25N3O4/c1-18(2)15(13-5-7-14(24-4)8-6-13)11-20-16(21)12-19(17(20)22)9-10-23-3/h5-8,15H,9-12H2,1-4H3/t15-/m1/s1. The third-order valence-electron chi connectivity index (χ3n) is 4.17. The fourth-order valence-electron chi connectivity index (χ4n) is 2.72. The molecule has 1 saturated heterocycles. The summed E-state index contributed by atoms with van der Waals surface area (Å²) in [7, 11) is 7.06. The van der Waals surface area contributed by atoms with E-state index < -0.39 is 0 Å². The smallest absolute Gasteiger partial charge is 0.327 e. The molecule has 1 fully saturated rings. The van der Waals surface area contributed by atoms with E-state index in [2.05, 4.69) is 0 Å². The molecule has 1 aromatic carbocycles. The molecule has 0 N–H and O–H groups in total. The molecule has 0 unspecified atom stereocenters. The van der Waals surface area contributed by atoms with Gasteiger partial charge in [0.25, 0.3) is 0 Å². The second-order valence-electron chi connectivity index (χ2n) is 5.95. The summed E-state index contributed by atoms with van der Waals surface area (Å²) in [5.74, 6) is 0.604. The molecule has 2 rings (SSSR count). The molecule has 0 saturated carbocycles. The normalized spacial score (nSPS) is 16.2. The van der Waals surface area contributed by atoms with E-state index in [1.54, 1.807) is 14.2 Å². The summed E-state index contributed by atoms with van der Waals surface area (Å²) in [5, 5.41) is 0. The Kier molecular flexibility index (Phi) is 6.16. The van der Waals surface area contributed by atoms with Crippen molar-refractivity contribution in [3.8, 4) is 5.75 Å². The third-order valence-corrected chi connectivity index (χ3v) is 4.17. The number of amides is 3. The maximum atomic E-state index is 12.4. The van der Waals surface area contributed by atoms with Gasteiger partial charge in [0.2, 0.25) is 5.91 Å². The highest BCUT2D eigenvalue weighted by Gasteiger charge is 2.37. The molecule has 0 bridgehead atoms. The molecule has 1 atom stereocenters. The average Bonchev–Trinajstić information content (AvgIpc) is 2.84. The number of methoxy groups -OCH3 is 2. The highest BCUT2D eigenvalue weighted by atomic mass is 16.5. The minimum atomic E-state index is -0.252. The number of carbonyl (C=O) groups excluding carboxylic acids is 2. The Labute approximate surface area is 142 Å². The lowest BCUT2D eigenvalue weighted by Crippen LogP contribution is -2.40. The molecular weight excluding hydrogens is 310 g/mol. The molecule has 0 spiro atoms. The Hall–Kier alpha value is -2.12. The second kappa shape index (κ2) is 8.12. The van der Waals surface area contributed by atoms with Crippen LogP contribution in [0.5, 0.6) is 5.75 Å². The first-order valence-corrected chi connectivity index (χ1v) is 7.86. The number of likely N-dealkylation sites (N-methyl/N-ethyl adjacent to an activating group) is 1. The van der Waals surface area contributed by atoms with Gasteiger partial charge in [0, 0.05) is 13.7 Å². The number of urea groups is 1. The summed E-state index contributed by atoms with van der Waals surface area (Å²) in [5.41, 5.74) is 1.02. The number of hydrogen-bond donors (Lipinski definition) is 0. The maximum absolute atomic E-state index is 12.4. The number of benzene rings is 1. The van der Waals surface area contributed by atoms with E-state index in [0.29, 0.717) is 19.7 Å². The van der Waals surface area contributed by atoms with Crippen LogP contribution in [0.2, 0.25) is 0 Å². The monoisotopic (exact) mass is 335 g/mol. The van der Waals surface area contributed by atoms with Crippen LogP contribution in [0.25, 0.3) is 0 Å². The van der Waals surface area contributed by atoms with Crippen LogP contribution in [-0.2, 0) is 9.53 Å². The van der Waals surface area contributed by atoms with Crippen molar-refractivity contribution in [1.82, 2.24) is 14.7 Å². The fraction of sp³-hybridized carbons (Fsp3) is 0.529. The van der Waals surface area contributed by atoms with Crippen molar-refractivity contribution < 1.29 is 19.1 Å². The van der Waals surface area contributed by atoms with E-state index in [4.69, 9.17) is 9.47 Å². The van der Waals surface area contributed by atoms with Crippen LogP contribution in [0.15, 0.2) is 24.3 Å². The van der Waals surface area contributed by atoms with Crippen LogP contribution in [0.4, 0.5) is 4.79 Å². The summed E-state index contributed by atoms with van der Waals surface area (Å²) < 4.78 is 10.2. The fourth-order valence-corrected chi connectivity index (χ4v) is 2.72. The number of ether oxygens (including phenoxy) is 2. The van der Waals surface area contributed by atoms with Crippen molar-refractivity contribution in [2.24, 2.45) is 0 Å². The Morgan fingerprint density at radius 2 is 1.83 bits per heavy atom. The van der Waals surface area contributed by atoms with Crippen molar-refractivity contribution in [3.63, 3.8) is 0 Å². The summed E-state index contributed by atoms with van der Waals surface area (Å²) in [4.78, 5) is 29.5. The second-order valence-corrected chi connectivity index (χ2v) is 5.95. The van der Waals surface area contributed by atoms with Crippen LogP contribution in [0.1, 0.15) is 11.6 Å². The first kappa shape index (κ1) is 18.2. The molecule has 7 nitrogen and oxygen atoms in total.